The van der Waals surface area contributed by atoms with Crippen LogP contribution in [-0.4, -0.2) is 58.9 Å². The van der Waals surface area contributed by atoms with Crippen molar-refractivity contribution in [2.45, 2.75) is 18.9 Å². The van der Waals surface area contributed by atoms with E-state index in [9.17, 15) is 9.18 Å². The van der Waals surface area contributed by atoms with Crippen molar-refractivity contribution in [3.8, 4) is 5.75 Å². The molecule has 0 saturated carbocycles. The Morgan fingerprint density at radius 1 is 1.31 bits per heavy atom. The Hall–Kier alpha value is -3.00. The van der Waals surface area contributed by atoms with Gasteiger partial charge in [0.2, 0.25) is 0 Å². The van der Waals surface area contributed by atoms with Crippen LogP contribution < -0.4 is 10.1 Å². The SMILES string of the molecule is CN1CC[C@@H](c2nn(CCNC(=O)COc3ccc(F)cc3)c3ncccc23)C1. The molecular weight excluding hydrogens is 373 g/mol. The van der Waals surface area contributed by atoms with Crippen molar-refractivity contribution in [2.24, 2.45) is 0 Å². The first-order valence-corrected chi connectivity index (χ1v) is 9.75. The molecular formula is C21H24FN5O2. The van der Waals surface area contributed by atoms with E-state index in [2.05, 4.69) is 28.3 Å². The van der Waals surface area contributed by atoms with Crippen molar-refractivity contribution < 1.29 is 13.9 Å². The Labute approximate surface area is 168 Å². The van der Waals surface area contributed by atoms with Crippen LogP contribution in [0.4, 0.5) is 4.39 Å². The van der Waals surface area contributed by atoms with E-state index in [4.69, 9.17) is 9.84 Å². The minimum absolute atomic E-state index is 0.122. The molecule has 29 heavy (non-hydrogen) atoms. The van der Waals surface area contributed by atoms with Crippen molar-refractivity contribution >= 4 is 16.9 Å². The van der Waals surface area contributed by atoms with E-state index in [-0.39, 0.29) is 18.3 Å². The highest BCUT2D eigenvalue weighted by Gasteiger charge is 2.26. The number of fused-ring (bicyclic) bond motifs is 1. The van der Waals surface area contributed by atoms with Crippen molar-refractivity contribution in [3.63, 3.8) is 0 Å². The lowest BCUT2D eigenvalue weighted by Crippen LogP contribution is -2.31. The Bertz CT molecular complexity index is 988. The highest BCUT2D eigenvalue weighted by Crippen LogP contribution is 2.30. The van der Waals surface area contributed by atoms with Crippen LogP contribution in [0.5, 0.6) is 5.75 Å². The summed E-state index contributed by atoms with van der Waals surface area (Å²) in [5.74, 6) is 0.281. The van der Waals surface area contributed by atoms with Gasteiger partial charge in [-0.3, -0.25) is 4.79 Å². The Morgan fingerprint density at radius 2 is 2.14 bits per heavy atom. The van der Waals surface area contributed by atoms with Crippen LogP contribution in [0.15, 0.2) is 42.6 Å². The van der Waals surface area contributed by atoms with Crippen LogP contribution in [0.2, 0.25) is 0 Å². The molecule has 1 amide bonds. The highest BCUT2D eigenvalue weighted by atomic mass is 19.1. The van der Waals surface area contributed by atoms with E-state index in [0.29, 0.717) is 24.8 Å². The number of nitrogens with zero attached hydrogens (tertiary/aromatic N) is 4. The number of ether oxygens (including phenoxy) is 1. The van der Waals surface area contributed by atoms with Gasteiger partial charge in [-0.2, -0.15) is 5.10 Å². The average Bonchev–Trinajstić information content (AvgIpc) is 3.31. The van der Waals surface area contributed by atoms with Crippen LogP contribution in [0.1, 0.15) is 18.0 Å². The van der Waals surface area contributed by atoms with Crippen molar-refractivity contribution in [1.82, 2.24) is 25.0 Å². The second-order valence-electron chi connectivity index (χ2n) is 7.32. The molecule has 8 heteroatoms. The summed E-state index contributed by atoms with van der Waals surface area (Å²) in [7, 11) is 2.13. The fourth-order valence-electron chi connectivity index (χ4n) is 3.68. The largest absolute Gasteiger partial charge is 0.484 e. The third-order valence-corrected chi connectivity index (χ3v) is 5.14. The van der Waals surface area contributed by atoms with E-state index < -0.39 is 0 Å². The smallest absolute Gasteiger partial charge is 0.258 e. The number of benzene rings is 1. The van der Waals surface area contributed by atoms with E-state index in [1.54, 1.807) is 6.20 Å². The van der Waals surface area contributed by atoms with Gasteiger partial charge in [0.05, 0.1) is 12.2 Å². The van der Waals surface area contributed by atoms with E-state index in [1.165, 1.54) is 24.3 Å². The second-order valence-corrected chi connectivity index (χ2v) is 7.32. The molecule has 7 nitrogen and oxygen atoms in total. The summed E-state index contributed by atoms with van der Waals surface area (Å²) in [6.07, 6.45) is 2.86. The Balaban J connectivity index is 1.34. The molecule has 1 aromatic carbocycles. The summed E-state index contributed by atoms with van der Waals surface area (Å²) in [5, 5.41) is 8.72. The molecule has 3 heterocycles. The summed E-state index contributed by atoms with van der Waals surface area (Å²) >= 11 is 0. The summed E-state index contributed by atoms with van der Waals surface area (Å²) in [6.45, 7) is 2.90. The van der Waals surface area contributed by atoms with Gasteiger partial charge in [-0.1, -0.05) is 0 Å². The molecule has 1 aliphatic heterocycles. The lowest BCUT2D eigenvalue weighted by molar-refractivity contribution is -0.123. The minimum Gasteiger partial charge on any atom is -0.484 e. The lowest BCUT2D eigenvalue weighted by atomic mass is 10.0. The number of likely N-dealkylation sites (N-methyl/N-ethyl adjacent to an activating group) is 1. The van der Waals surface area contributed by atoms with Crippen molar-refractivity contribution in [3.05, 3.63) is 54.1 Å². The van der Waals surface area contributed by atoms with Gasteiger partial charge in [0.15, 0.2) is 12.3 Å². The molecule has 2 aromatic heterocycles. The normalized spacial score (nSPS) is 17.0. The van der Waals surface area contributed by atoms with Crippen LogP contribution in [-0.2, 0) is 11.3 Å². The predicted molar refractivity (Wildman–Crippen MR) is 107 cm³/mol. The number of halogens is 1. The van der Waals surface area contributed by atoms with Gasteiger partial charge in [0.25, 0.3) is 5.91 Å². The maximum atomic E-state index is 12.9. The number of aromatic nitrogens is 3. The summed E-state index contributed by atoms with van der Waals surface area (Å²) in [4.78, 5) is 18.8. The van der Waals surface area contributed by atoms with Gasteiger partial charge in [0, 0.05) is 30.6 Å². The lowest BCUT2D eigenvalue weighted by Gasteiger charge is -2.08. The molecule has 152 valence electrons. The second kappa shape index (κ2) is 8.57. The molecule has 0 aliphatic carbocycles. The number of pyridine rings is 1. The Morgan fingerprint density at radius 3 is 2.90 bits per heavy atom. The molecule has 1 N–H and O–H groups in total. The number of carbonyl (C=O) groups is 1. The molecule has 0 bridgehead atoms. The third-order valence-electron chi connectivity index (χ3n) is 5.14. The quantitative estimate of drug-likeness (QED) is 0.662. The molecule has 0 spiro atoms. The number of hydrogen-bond donors (Lipinski definition) is 1. The maximum Gasteiger partial charge on any atom is 0.258 e. The standard InChI is InChI=1S/C21H24FN5O2/c1-26-11-8-15(13-26)20-18-3-2-9-24-21(18)27(25-20)12-10-23-19(28)14-29-17-6-4-16(22)5-7-17/h2-7,9,15H,8,10-14H2,1H3,(H,23,28)/t15-/m1/s1. The summed E-state index contributed by atoms with van der Waals surface area (Å²) in [6, 6.07) is 9.57. The number of likely N-dealkylation sites (tertiary alicyclic amines) is 1. The zero-order chi connectivity index (χ0) is 20.2. The highest BCUT2D eigenvalue weighted by molar-refractivity contribution is 5.79. The molecule has 1 fully saturated rings. The first kappa shape index (κ1) is 19.3. The van der Waals surface area contributed by atoms with Gasteiger partial charge >= 0.3 is 0 Å². The van der Waals surface area contributed by atoms with E-state index >= 15 is 0 Å². The van der Waals surface area contributed by atoms with Crippen molar-refractivity contribution in [2.75, 3.05) is 33.3 Å². The van der Waals surface area contributed by atoms with E-state index in [1.807, 2.05) is 10.7 Å². The molecule has 1 atom stereocenters. The maximum absolute atomic E-state index is 12.9. The summed E-state index contributed by atoms with van der Waals surface area (Å²) < 4.78 is 20.1. The predicted octanol–water partition coefficient (Wildman–Crippen LogP) is 2.18. The number of rotatable bonds is 7. The number of carbonyl (C=O) groups excluding carboxylic acids is 1. The molecule has 0 radical (unpaired) electrons. The third kappa shape index (κ3) is 4.54. The average molecular weight is 397 g/mol. The zero-order valence-corrected chi connectivity index (χ0v) is 16.3. The number of nitrogens with one attached hydrogen (secondary N) is 1. The fourth-order valence-corrected chi connectivity index (χ4v) is 3.68. The number of amides is 1. The molecule has 0 unspecified atom stereocenters. The molecule has 1 saturated heterocycles. The first-order valence-electron chi connectivity index (χ1n) is 9.75. The van der Waals surface area contributed by atoms with Gasteiger partial charge in [-0.25, -0.2) is 14.1 Å². The van der Waals surface area contributed by atoms with Crippen molar-refractivity contribution in [1.29, 1.82) is 0 Å². The minimum atomic E-state index is -0.342. The monoisotopic (exact) mass is 397 g/mol. The topological polar surface area (TPSA) is 72.3 Å². The van der Waals surface area contributed by atoms with Crippen LogP contribution >= 0.6 is 0 Å². The van der Waals surface area contributed by atoms with Gasteiger partial charge in [0.1, 0.15) is 11.6 Å². The van der Waals surface area contributed by atoms with Gasteiger partial charge in [-0.15, -0.1) is 0 Å². The summed E-state index contributed by atoms with van der Waals surface area (Å²) in [5.41, 5.74) is 1.93. The van der Waals surface area contributed by atoms with E-state index in [0.717, 1.165) is 36.2 Å². The van der Waals surface area contributed by atoms with Crippen LogP contribution in [0, 0.1) is 5.82 Å². The first-order chi connectivity index (χ1) is 14.1. The van der Waals surface area contributed by atoms with Crippen LogP contribution in [0.3, 0.4) is 0 Å². The molecule has 4 rings (SSSR count). The fraction of sp³-hybridized carbons (Fsp3) is 0.381. The molecule has 1 aliphatic rings. The Kier molecular flexibility index (Phi) is 5.71. The number of hydrogen-bond acceptors (Lipinski definition) is 5. The van der Waals surface area contributed by atoms with Gasteiger partial charge in [-0.05, 0) is 56.4 Å². The van der Waals surface area contributed by atoms with Crippen LogP contribution in [0.25, 0.3) is 11.0 Å². The molecule has 3 aromatic rings. The zero-order valence-electron chi connectivity index (χ0n) is 16.3. The van der Waals surface area contributed by atoms with Gasteiger partial charge < -0.3 is 15.0 Å².